The number of nitrogens with zero attached hydrogens (tertiary/aromatic N) is 2. The zero-order valence-electron chi connectivity index (χ0n) is 11.3. The highest BCUT2D eigenvalue weighted by molar-refractivity contribution is 5.39. The Labute approximate surface area is 117 Å². The van der Waals surface area contributed by atoms with Gasteiger partial charge in [0.15, 0.2) is 11.6 Å². The van der Waals surface area contributed by atoms with Gasteiger partial charge in [-0.1, -0.05) is 23.8 Å². The van der Waals surface area contributed by atoms with E-state index in [2.05, 4.69) is 16.5 Å². The molecule has 1 aromatic carbocycles. The number of ether oxygens (including phenoxy) is 1. The second-order valence-electron chi connectivity index (χ2n) is 4.43. The fourth-order valence-corrected chi connectivity index (χ4v) is 1.77. The first-order valence-corrected chi connectivity index (χ1v) is 6.26. The lowest BCUT2D eigenvalue weighted by Crippen LogP contribution is -2.01. The van der Waals surface area contributed by atoms with E-state index in [0.29, 0.717) is 5.75 Å². The maximum atomic E-state index is 13.0. The third-order valence-corrected chi connectivity index (χ3v) is 2.78. The predicted molar refractivity (Wildman–Crippen MR) is 76.2 cm³/mol. The van der Waals surface area contributed by atoms with E-state index in [-0.39, 0.29) is 11.8 Å². The lowest BCUT2D eigenvalue weighted by atomic mass is 10.1. The summed E-state index contributed by atoms with van der Waals surface area (Å²) >= 11 is 0. The van der Waals surface area contributed by atoms with Crippen molar-refractivity contribution in [3.05, 3.63) is 54.0 Å². The minimum atomic E-state index is -0.659. The summed E-state index contributed by atoms with van der Waals surface area (Å²) in [6.07, 6.45) is 4.48. The normalized spacial score (nSPS) is 10.3. The van der Waals surface area contributed by atoms with Crippen LogP contribution in [0, 0.1) is 12.7 Å². The van der Waals surface area contributed by atoms with Crippen LogP contribution in [0.15, 0.2) is 37.1 Å². The lowest BCUT2D eigenvalue weighted by Gasteiger charge is -2.10. The van der Waals surface area contributed by atoms with Gasteiger partial charge in [0, 0.05) is 0 Å². The first-order valence-electron chi connectivity index (χ1n) is 6.26. The van der Waals surface area contributed by atoms with Crippen LogP contribution in [0.25, 0.3) is 0 Å². The Morgan fingerprint density at radius 3 is 2.95 bits per heavy atom. The van der Waals surface area contributed by atoms with E-state index in [9.17, 15) is 4.39 Å². The Morgan fingerprint density at radius 1 is 1.45 bits per heavy atom. The van der Waals surface area contributed by atoms with Crippen molar-refractivity contribution in [3.8, 4) is 11.8 Å². The molecule has 0 saturated heterocycles. The molecule has 2 N–H and O–H groups in total. The van der Waals surface area contributed by atoms with Crippen LogP contribution in [0.3, 0.4) is 0 Å². The van der Waals surface area contributed by atoms with Gasteiger partial charge >= 0.3 is 6.01 Å². The van der Waals surface area contributed by atoms with Crippen molar-refractivity contribution in [2.75, 3.05) is 5.73 Å². The molecule has 0 aliphatic heterocycles. The van der Waals surface area contributed by atoms with Crippen LogP contribution < -0.4 is 10.5 Å². The SMILES string of the molecule is C=CCCc1cc(C)ccc1Oc1ncc(F)c(N)n1. The number of anilines is 1. The maximum absolute atomic E-state index is 13.0. The molecule has 0 aliphatic rings. The van der Waals surface area contributed by atoms with Crippen molar-refractivity contribution in [3.63, 3.8) is 0 Å². The molecule has 20 heavy (non-hydrogen) atoms. The Bertz CT molecular complexity index is 629. The van der Waals surface area contributed by atoms with Crippen molar-refractivity contribution >= 4 is 5.82 Å². The average Bonchev–Trinajstić information content (AvgIpc) is 2.43. The van der Waals surface area contributed by atoms with E-state index in [1.54, 1.807) is 0 Å². The number of benzene rings is 1. The Hall–Kier alpha value is -2.43. The molecule has 1 aromatic heterocycles. The first kappa shape index (κ1) is 14.0. The zero-order valence-corrected chi connectivity index (χ0v) is 11.3. The van der Waals surface area contributed by atoms with E-state index in [1.807, 2.05) is 31.2 Å². The van der Waals surface area contributed by atoms with Gasteiger partial charge in [-0.25, -0.2) is 9.37 Å². The second kappa shape index (κ2) is 6.14. The van der Waals surface area contributed by atoms with Gasteiger partial charge in [-0.15, -0.1) is 6.58 Å². The van der Waals surface area contributed by atoms with E-state index >= 15 is 0 Å². The molecule has 0 atom stereocenters. The lowest BCUT2D eigenvalue weighted by molar-refractivity contribution is 0.433. The molecule has 0 bridgehead atoms. The van der Waals surface area contributed by atoms with Gasteiger partial charge in [-0.3, -0.25) is 0 Å². The molecule has 0 spiro atoms. The molecule has 0 amide bonds. The third-order valence-electron chi connectivity index (χ3n) is 2.78. The van der Waals surface area contributed by atoms with Gasteiger partial charge in [0.1, 0.15) is 5.75 Å². The Balaban J connectivity index is 2.27. The average molecular weight is 273 g/mol. The van der Waals surface area contributed by atoms with Gasteiger partial charge in [0.25, 0.3) is 0 Å². The molecule has 5 heteroatoms. The van der Waals surface area contributed by atoms with Gasteiger partial charge in [-0.05, 0) is 31.4 Å². The second-order valence-corrected chi connectivity index (χ2v) is 4.43. The molecule has 104 valence electrons. The Kier molecular flexibility index (Phi) is 4.30. The summed E-state index contributed by atoms with van der Waals surface area (Å²) in [6, 6.07) is 5.84. The summed E-state index contributed by atoms with van der Waals surface area (Å²) in [4.78, 5) is 7.53. The van der Waals surface area contributed by atoms with Gasteiger partial charge in [-0.2, -0.15) is 4.98 Å². The van der Waals surface area contributed by atoms with Crippen LogP contribution in [-0.2, 0) is 6.42 Å². The third kappa shape index (κ3) is 3.32. The number of hydrogen-bond acceptors (Lipinski definition) is 4. The van der Waals surface area contributed by atoms with Crippen molar-refractivity contribution in [1.29, 1.82) is 0 Å². The maximum Gasteiger partial charge on any atom is 0.324 e. The van der Waals surface area contributed by atoms with E-state index < -0.39 is 5.82 Å². The molecule has 0 radical (unpaired) electrons. The molecule has 0 aliphatic carbocycles. The topological polar surface area (TPSA) is 61.0 Å². The summed E-state index contributed by atoms with van der Waals surface area (Å²) in [5.41, 5.74) is 7.56. The van der Waals surface area contributed by atoms with Crippen molar-refractivity contribution < 1.29 is 9.13 Å². The largest absolute Gasteiger partial charge is 0.424 e. The molecule has 2 aromatic rings. The molecule has 1 heterocycles. The summed E-state index contributed by atoms with van der Waals surface area (Å²) in [7, 11) is 0. The summed E-state index contributed by atoms with van der Waals surface area (Å²) in [5.74, 6) is -0.244. The molecule has 0 saturated carbocycles. The molecular formula is C15H16FN3O. The number of halogens is 1. The highest BCUT2D eigenvalue weighted by Gasteiger charge is 2.09. The number of aromatic nitrogens is 2. The van der Waals surface area contributed by atoms with E-state index in [4.69, 9.17) is 10.5 Å². The number of nitrogen functional groups attached to an aromatic ring is 1. The van der Waals surface area contributed by atoms with Gasteiger partial charge in [0.2, 0.25) is 0 Å². The highest BCUT2D eigenvalue weighted by atomic mass is 19.1. The highest BCUT2D eigenvalue weighted by Crippen LogP contribution is 2.26. The fourth-order valence-electron chi connectivity index (χ4n) is 1.77. The van der Waals surface area contributed by atoms with Gasteiger partial charge < -0.3 is 10.5 Å². The smallest absolute Gasteiger partial charge is 0.324 e. The molecular weight excluding hydrogens is 257 g/mol. The summed E-state index contributed by atoms with van der Waals surface area (Å²) < 4.78 is 18.6. The minimum Gasteiger partial charge on any atom is -0.424 e. The number of aryl methyl sites for hydroxylation is 2. The standard InChI is InChI=1S/C15H16FN3O/c1-3-4-5-11-8-10(2)6-7-13(11)20-15-18-9-12(16)14(17)19-15/h3,6-9H,1,4-5H2,2H3,(H2,17,18,19). The Morgan fingerprint density at radius 2 is 2.25 bits per heavy atom. The zero-order chi connectivity index (χ0) is 14.5. The molecule has 0 unspecified atom stereocenters. The molecule has 2 rings (SSSR count). The number of nitrogens with two attached hydrogens (primary N) is 1. The van der Waals surface area contributed by atoms with Crippen LogP contribution >= 0.6 is 0 Å². The van der Waals surface area contributed by atoms with Crippen LogP contribution in [0.2, 0.25) is 0 Å². The minimum absolute atomic E-state index is 0.0348. The number of allylic oxidation sites excluding steroid dienone is 1. The molecule has 4 nitrogen and oxygen atoms in total. The number of hydrogen-bond donors (Lipinski definition) is 1. The van der Waals surface area contributed by atoms with Crippen LogP contribution in [0.1, 0.15) is 17.5 Å². The first-order chi connectivity index (χ1) is 9.60. The van der Waals surface area contributed by atoms with Crippen molar-refractivity contribution in [2.45, 2.75) is 19.8 Å². The van der Waals surface area contributed by atoms with E-state index in [0.717, 1.165) is 30.2 Å². The summed E-state index contributed by atoms with van der Waals surface area (Å²) in [5, 5.41) is 0. The quantitative estimate of drug-likeness (QED) is 0.848. The van der Waals surface area contributed by atoms with E-state index in [1.165, 1.54) is 0 Å². The van der Waals surface area contributed by atoms with Crippen LogP contribution in [0.5, 0.6) is 11.8 Å². The van der Waals surface area contributed by atoms with Gasteiger partial charge in [0.05, 0.1) is 6.20 Å². The van der Waals surface area contributed by atoms with Crippen molar-refractivity contribution in [2.24, 2.45) is 0 Å². The molecule has 0 fully saturated rings. The van der Waals surface area contributed by atoms with Crippen molar-refractivity contribution in [1.82, 2.24) is 9.97 Å². The summed E-state index contributed by atoms with van der Waals surface area (Å²) in [6.45, 7) is 5.72. The predicted octanol–water partition coefficient (Wildman–Crippen LogP) is 3.42. The van der Waals surface area contributed by atoms with Crippen LogP contribution in [0.4, 0.5) is 10.2 Å². The fraction of sp³-hybridized carbons (Fsp3) is 0.200. The van der Waals surface area contributed by atoms with Crippen LogP contribution in [-0.4, -0.2) is 9.97 Å². The number of rotatable bonds is 5. The monoisotopic (exact) mass is 273 g/mol.